The van der Waals surface area contributed by atoms with E-state index in [1.54, 1.807) is 20.3 Å². The van der Waals surface area contributed by atoms with Crippen molar-refractivity contribution in [2.75, 3.05) is 32.7 Å². The molecule has 1 aromatic carbocycles. The molecule has 1 atom stereocenters. The summed E-state index contributed by atoms with van der Waals surface area (Å²) in [4.78, 5) is 0. The maximum Gasteiger partial charge on any atom is 0.245 e. The van der Waals surface area contributed by atoms with Crippen LogP contribution in [-0.2, 0) is 0 Å². The molecule has 7 nitrogen and oxygen atoms in total. The minimum atomic E-state index is -0.677. The standard InChI is InChI=1S/C13H17N3O4S/c1-18-11-3-9(4-12(5-11)19-2)14-6-10(17)8-20-13-7-15-21-16-13/h3-5,7,10,14,17H,6,8H2,1-2H3. The van der Waals surface area contributed by atoms with Crippen molar-refractivity contribution in [2.45, 2.75) is 6.10 Å². The Morgan fingerprint density at radius 3 is 2.52 bits per heavy atom. The Hall–Kier alpha value is -2.06. The predicted molar refractivity (Wildman–Crippen MR) is 79.4 cm³/mol. The van der Waals surface area contributed by atoms with Crippen LogP contribution < -0.4 is 19.5 Å². The molecule has 0 saturated heterocycles. The number of nitrogens with one attached hydrogen (secondary N) is 1. The van der Waals surface area contributed by atoms with Crippen molar-refractivity contribution >= 4 is 17.4 Å². The zero-order valence-corrected chi connectivity index (χ0v) is 12.6. The Labute approximate surface area is 126 Å². The quantitative estimate of drug-likeness (QED) is 0.762. The molecule has 1 aromatic heterocycles. The van der Waals surface area contributed by atoms with E-state index in [1.807, 2.05) is 12.1 Å². The number of rotatable bonds is 8. The lowest BCUT2D eigenvalue weighted by Gasteiger charge is -2.14. The van der Waals surface area contributed by atoms with Gasteiger partial charge in [-0.1, -0.05) is 0 Å². The van der Waals surface area contributed by atoms with Crippen molar-refractivity contribution in [3.8, 4) is 17.4 Å². The highest BCUT2D eigenvalue weighted by molar-refractivity contribution is 6.99. The number of methoxy groups -OCH3 is 2. The number of aliphatic hydroxyl groups excluding tert-OH is 1. The summed E-state index contributed by atoms with van der Waals surface area (Å²) in [5, 5.41) is 13.0. The number of benzene rings is 1. The monoisotopic (exact) mass is 311 g/mol. The van der Waals surface area contributed by atoms with Gasteiger partial charge in [0, 0.05) is 30.4 Å². The lowest BCUT2D eigenvalue weighted by atomic mass is 10.2. The summed E-state index contributed by atoms with van der Waals surface area (Å²) in [5.74, 6) is 1.77. The zero-order valence-electron chi connectivity index (χ0n) is 11.8. The first-order chi connectivity index (χ1) is 10.2. The molecule has 1 unspecified atom stereocenters. The molecule has 114 valence electrons. The molecule has 0 spiro atoms. The number of aromatic nitrogens is 2. The fourth-order valence-corrected chi connectivity index (χ4v) is 1.97. The van der Waals surface area contributed by atoms with E-state index >= 15 is 0 Å². The normalized spacial score (nSPS) is 11.8. The van der Waals surface area contributed by atoms with Gasteiger partial charge >= 0.3 is 0 Å². The fraction of sp³-hybridized carbons (Fsp3) is 0.385. The van der Waals surface area contributed by atoms with Crippen molar-refractivity contribution in [1.82, 2.24) is 8.75 Å². The van der Waals surface area contributed by atoms with Gasteiger partial charge in [0.1, 0.15) is 30.4 Å². The van der Waals surface area contributed by atoms with Gasteiger partial charge in [-0.05, 0) is 0 Å². The van der Waals surface area contributed by atoms with Crippen LogP contribution in [0.4, 0.5) is 5.69 Å². The van der Waals surface area contributed by atoms with Gasteiger partial charge in [-0.2, -0.15) is 4.37 Å². The third kappa shape index (κ3) is 4.76. The molecule has 0 radical (unpaired) electrons. The van der Waals surface area contributed by atoms with Crippen molar-refractivity contribution in [2.24, 2.45) is 0 Å². The van der Waals surface area contributed by atoms with E-state index < -0.39 is 6.10 Å². The van der Waals surface area contributed by atoms with E-state index in [9.17, 15) is 5.11 Å². The Morgan fingerprint density at radius 1 is 1.24 bits per heavy atom. The van der Waals surface area contributed by atoms with Gasteiger partial charge in [-0.25, -0.2) is 0 Å². The minimum absolute atomic E-state index is 0.138. The molecule has 2 N–H and O–H groups in total. The maximum atomic E-state index is 9.87. The second-order valence-corrected chi connectivity index (χ2v) is 4.75. The summed E-state index contributed by atoms with van der Waals surface area (Å²) in [6, 6.07) is 5.42. The second kappa shape index (κ2) is 7.65. The highest BCUT2D eigenvalue weighted by atomic mass is 32.1. The maximum absolute atomic E-state index is 9.87. The Kier molecular flexibility index (Phi) is 5.59. The van der Waals surface area contributed by atoms with E-state index in [0.29, 0.717) is 23.9 Å². The molecule has 0 aliphatic heterocycles. The van der Waals surface area contributed by atoms with Gasteiger partial charge in [-0.15, -0.1) is 4.37 Å². The fourth-order valence-electron chi connectivity index (χ4n) is 1.61. The minimum Gasteiger partial charge on any atom is -0.497 e. The van der Waals surface area contributed by atoms with Crippen LogP contribution in [-0.4, -0.2) is 47.3 Å². The first-order valence-corrected chi connectivity index (χ1v) is 6.99. The van der Waals surface area contributed by atoms with Gasteiger partial charge in [-0.3, -0.25) is 0 Å². The van der Waals surface area contributed by atoms with Gasteiger partial charge < -0.3 is 24.6 Å². The van der Waals surface area contributed by atoms with E-state index in [4.69, 9.17) is 14.2 Å². The van der Waals surface area contributed by atoms with E-state index in [1.165, 1.54) is 6.20 Å². The van der Waals surface area contributed by atoms with E-state index in [-0.39, 0.29) is 6.61 Å². The van der Waals surface area contributed by atoms with Crippen LogP contribution in [0.1, 0.15) is 0 Å². The first kappa shape index (κ1) is 15.3. The van der Waals surface area contributed by atoms with Crippen LogP contribution in [0.15, 0.2) is 24.4 Å². The largest absolute Gasteiger partial charge is 0.497 e. The van der Waals surface area contributed by atoms with Crippen molar-refractivity contribution in [1.29, 1.82) is 0 Å². The molecule has 2 aromatic rings. The second-order valence-electron chi connectivity index (χ2n) is 4.19. The number of ether oxygens (including phenoxy) is 3. The lowest BCUT2D eigenvalue weighted by molar-refractivity contribution is 0.115. The summed E-state index contributed by atoms with van der Waals surface area (Å²) in [6.07, 6.45) is 0.835. The summed E-state index contributed by atoms with van der Waals surface area (Å²) in [6.45, 7) is 0.466. The van der Waals surface area contributed by atoms with Crippen LogP contribution in [0.25, 0.3) is 0 Å². The molecule has 21 heavy (non-hydrogen) atoms. The number of aliphatic hydroxyl groups is 1. The van der Waals surface area contributed by atoms with Gasteiger partial charge in [0.15, 0.2) is 0 Å². The van der Waals surface area contributed by atoms with Gasteiger partial charge in [0.05, 0.1) is 25.9 Å². The molecular formula is C13H17N3O4S. The summed E-state index contributed by atoms with van der Waals surface area (Å²) in [7, 11) is 3.17. The molecule has 0 bridgehead atoms. The van der Waals surface area contributed by atoms with Crippen molar-refractivity contribution in [3.63, 3.8) is 0 Å². The summed E-state index contributed by atoms with van der Waals surface area (Å²) in [5.41, 5.74) is 0.792. The molecule has 2 rings (SSSR count). The molecule has 0 aliphatic carbocycles. The average Bonchev–Trinajstić information content (AvgIpc) is 3.03. The number of hydrogen-bond donors (Lipinski definition) is 2. The summed E-state index contributed by atoms with van der Waals surface area (Å²) < 4.78 is 23.4. The third-order valence-corrected chi connectivity index (χ3v) is 3.12. The summed E-state index contributed by atoms with van der Waals surface area (Å²) >= 11 is 1.06. The molecule has 1 heterocycles. The van der Waals surface area contributed by atoms with Crippen LogP contribution in [0.3, 0.4) is 0 Å². The van der Waals surface area contributed by atoms with E-state index in [0.717, 1.165) is 17.4 Å². The van der Waals surface area contributed by atoms with Gasteiger partial charge in [0.2, 0.25) is 5.88 Å². The average molecular weight is 311 g/mol. The number of anilines is 1. The van der Waals surface area contributed by atoms with Crippen LogP contribution >= 0.6 is 11.7 Å². The predicted octanol–water partition coefficient (Wildman–Crippen LogP) is 1.41. The molecule has 0 fully saturated rings. The molecule has 0 saturated carbocycles. The number of nitrogens with zero attached hydrogens (tertiary/aromatic N) is 2. The Balaban J connectivity index is 1.84. The van der Waals surface area contributed by atoms with Crippen molar-refractivity contribution < 1.29 is 19.3 Å². The lowest BCUT2D eigenvalue weighted by Crippen LogP contribution is -2.26. The highest BCUT2D eigenvalue weighted by Gasteiger charge is 2.08. The SMILES string of the molecule is COc1cc(NCC(O)COc2cnsn2)cc(OC)c1. The molecule has 0 aliphatic rings. The molecule has 0 amide bonds. The zero-order chi connectivity index (χ0) is 15.1. The first-order valence-electron chi connectivity index (χ1n) is 6.26. The molecule has 8 heteroatoms. The van der Waals surface area contributed by atoms with Crippen LogP contribution in [0, 0.1) is 0 Å². The van der Waals surface area contributed by atoms with Crippen LogP contribution in [0.5, 0.6) is 17.4 Å². The molecular weight excluding hydrogens is 294 g/mol. The topological polar surface area (TPSA) is 85.7 Å². The third-order valence-electron chi connectivity index (χ3n) is 2.66. The highest BCUT2D eigenvalue weighted by Crippen LogP contribution is 2.25. The van der Waals surface area contributed by atoms with Crippen LogP contribution in [0.2, 0.25) is 0 Å². The van der Waals surface area contributed by atoms with Gasteiger partial charge in [0.25, 0.3) is 0 Å². The van der Waals surface area contributed by atoms with E-state index in [2.05, 4.69) is 14.1 Å². The van der Waals surface area contributed by atoms with Crippen molar-refractivity contribution in [3.05, 3.63) is 24.4 Å². The Bertz CT molecular complexity index is 528. The number of hydrogen-bond acceptors (Lipinski definition) is 8. The smallest absolute Gasteiger partial charge is 0.245 e. The Morgan fingerprint density at radius 2 is 1.95 bits per heavy atom.